The SMILES string of the molecule is Cc1ccn2cc(CNC(=O)[C@@H]3C[C@H]3c3ccc(Cl)c(Cl)c3)nc2n1. The average molecular weight is 375 g/mol. The molecule has 0 saturated heterocycles. The summed E-state index contributed by atoms with van der Waals surface area (Å²) in [6.45, 7) is 2.32. The molecule has 0 aliphatic heterocycles. The third kappa shape index (κ3) is 3.34. The van der Waals surface area contributed by atoms with Gasteiger partial charge < -0.3 is 5.32 Å². The summed E-state index contributed by atoms with van der Waals surface area (Å²) in [6.07, 6.45) is 4.62. The third-order valence-electron chi connectivity index (χ3n) is 4.46. The number of benzene rings is 1. The molecule has 0 bridgehead atoms. The molecule has 5 nitrogen and oxygen atoms in total. The van der Waals surface area contributed by atoms with Crippen LogP contribution in [0.5, 0.6) is 0 Å². The maximum atomic E-state index is 12.4. The van der Waals surface area contributed by atoms with Gasteiger partial charge in [0.2, 0.25) is 11.7 Å². The molecule has 7 heteroatoms. The van der Waals surface area contributed by atoms with Crippen LogP contribution in [-0.2, 0) is 11.3 Å². The number of aromatic nitrogens is 3. The van der Waals surface area contributed by atoms with E-state index in [0.717, 1.165) is 23.4 Å². The van der Waals surface area contributed by atoms with Gasteiger partial charge in [0.25, 0.3) is 0 Å². The van der Waals surface area contributed by atoms with Crippen LogP contribution >= 0.6 is 23.2 Å². The Bertz CT molecular complexity index is 969. The first-order valence-corrected chi connectivity index (χ1v) is 8.81. The van der Waals surface area contributed by atoms with Crippen LogP contribution < -0.4 is 5.32 Å². The van der Waals surface area contributed by atoms with Gasteiger partial charge in [0.05, 0.1) is 22.3 Å². The highest BCUT2D eigenvalue weighted by molar-refractivity contribution is 6.42. The Morgan fingerprint density at radius 1 is 1.28 bits per heavy atom. The second-order valence-corrected chi connectivity index (χ2v) is 7.16. The van der Waals surface area contributed by atoms with Crippen molar-refractivity contribution in [2.45, 2.75) is 25.8 Å². The summed E-state index contributed by atoms with van der Waals surface area (Å²) in [4.78, 5) is 21.1. The smallest absolute Gasteiger partial charge is 0.234 e. The van der Waals surface area contributed by atoms with Crippen molar-refractivity contribution >= 4 is 34.9 Å². The second kappa shape index (κ2) is 6.32. The molecule has 0 spiro atoms. The van der Waals surface area contributed by atoms with E-state index >= 15 is 0 Å². The number of halogens is 2. The maximum Gasteiger partial charge on any atom is 0.234 e. The van der Waals surface area contributed by atoms with Gasteiger partial charge in [0.15, 0.2) is 0 Å². The van der Waals surface area contributed by atoms with Gasteiger partial charge in [-0.25, -0.2) is 9.97 Å². The zero-order valence-corrected chi connectivity index (χ0v) is 15.1. The molecular formula is C18H16Cl2N4O. The monoisotopic (exact) mass is 374 g/mol. The molecule has 1 amide bonds. The summed E-state index contributed by atoms with van der Waals surface area (Å²) >= 11 is 12.0. The fourth-order valence-corrected chi connectivity index (χ4v) is 3.31. The predicted molar refractivity (Wildman–Crippen MR) is 96.9 cm³/mol. The van der Waals surface area contributed by atoms with Crippen molar-refractivity contribution in [3.05, 3.63) is 63.7 Å². The first-order chi connectivity index (χ1) is 12.0. The Kier molecular flexibility index (Phi) is 4.13. The second-order valence-electron chi connectivity index (χ2n) is 6.35. The van der Waals surface area contributed by atoms with Crippen molar-refractivity contribution in [3.63, 3.8) is 0 Å². The molecule has 1 aliphatic carbocycles. The molecule has 4 rings (SSSR count). The van der Waals surface area contributed by atoms with Gasteiger partial charge >= 0.3 is 0 Å². The minimum Gasteiger partial charge on any atom is -0.350 e. The minimum atomic E-state index is -0.0188. The Balaban J connectivity index is 1.38. The minimum absolute atomic E-state index is 0.0188. The van der Waals surface area contributed by atoms with E-state index in [-0.39, 0.29) is 17.7 Å². The highest BCUT2D eigenvalue weighted by atomic mass is 35.5. The Hall–Kier alpha value is -2.11. The summed E-state index contributed by atoms with van der Waals surface area (Å²) in [5, 5.41) is 4.02. The number of amides is 1. The van der Waals surface area contributed by atoms with Crippen LogP contribution in [-0.4, -0.2) is 20.3 Å². The van der Waals surface area contributed by atoms with Gasteiger partial charge in [-0.05, 0) is 43.0 Å². The van der Waals surface area contributed by atoms with Crippen LogP contribution in [0.25, 0.3) is 5.78 Å². The molecule has 1 aromatic carbocycles. The summed E-state index contributed by atoms with van der Waals surface area (Å²) in [6, 6.07) is 7.47. The number of nitrogens with zero attached hydrogens (tertiary/aromatic N) is 3. The number of carbonyl (C=O) groups is 1. The number of rotatable bonds is 4. The van der Waals surface area contributed by atoms with Crippen LogP contribution in [0, 0.1) is 12.8 Å². The fourth-order valence-electron chi connectivity index (χ4n) is 3.00. The Labute approximate surface area is 155 Å². The average Bonchev–Trinajstić information content (AvgIpc) is 3.28. The van der Waals surface area contributed by atoms with Crippen molar-refractivity contribution in [2.24, 2.45) is 5.92 Å². The molecule has 25 heavy (non-hydrogen) atoms. The summed E-state index contributed by atoms with van der Waals surface area (Å²) in [7, 11) is 0. The standard InChI is InChI=1S/C18H16Cl2N4O/c1-10-4-5-24-9-12(23-18(24)22-10)8-21-17(25)14-7-13(14)11-2-3-15(19)16(20)6-11/h2-6,9,13-14H,7-8H2,1H3,(H,21,25)/t13-,14+/m0/s1. The normalized spacial score (nSPS) is 19.2. The maximum absolute atomic E-state index is 12.4. The zero-order valence-electron chi connectivity index (χ0n) is 13.5. The Morgan fingerprint density at radius 3 is 2.92 bits per heavy atom. The lowest BCUT2D eigenvalue weighted by molar-refractivity contribution is -0.122. The van der Waals surface area contributed by atoms with Gasteiger partial charge in [-0.15, -0.1) is 0 Å². The topological polar surface area (TPSA) is 59.3 Å². The molecule has 0 radical (unpaired) electrons. The molecule has 1 aliphatic rings. The van der Waals surface area contributed by atoms with E-state index in [1.165, 1.54) is 0 Å². The van der Waals surface area contributed by atoms with Crippen LogP contribution in [0.15, 0.2) is 36.7 Å². The number of imidazole rings is 1. The molecule has 2 heterocycles. The summed E-state index contributed by atoms with van der Waals surface area (Å²) in [5.41, 5.74) is 2.76. The molecule has 1 N–H and O–H groups in total. The predicted octanol–water partition coefficient (Wildman–Crippen LogP) is 3.76. The van der Waals surface area contributed by atoms with E-state index in [9.17, 15) is 4.79 Å². The lowest BCUT2D eigenvalue weighted by Crippen LogP contribution is -2.25. The van der Waals surface area contributed by atoms with Crippen LogP contribution in [0.2, 0.25) is 10.0 Å². The van der Waals surface area contributed by atoms with Gasteiger partial charge in [0.1, 0.15) is 0 Å². The van der Waals surface area contributed by atoms with E-state index < -0.39 is 0 Å². The number of fused-ring (bicyclic) bond motifs is 1. The van der Waals surface area contributed by atoms with Crippen molar-refractivity contribution in [2.75, 3.05) is 0 Å². The summed E-state index contributed by atoms with van der Waals surface area (Å²) in [5.74, 6) is 0.872. The van der Waals surface area contributed by atoms with Crippen molar-refractivity contribution in [3.8, 4) is 0 Å². The lowest BCUT2D eigenvalue weighted by atomic mass is 10.1. The molecule has 1 fully saturated rings. The van der Waals surface area contributed by atoms with E-state index in [1.807, 2.05) is 41.9 Å². The number of nitrogens with one attached hydrogen (secondary N) is 1. The molecule has 2 aromatic heterocycles. The number of hydrogen-bond acceptors (Lipinski definition) is 3. The fraction of sp³-hybridized carbons (Fsp3) is 0.278. The third-order valence-corrected chi connectivity index (χ3v) is 5.20. The quantitative estimate of drug-likeness (QED) is 0.755. The van der Waals surface area contributed by atoms with Gasteiger partial charge in [-0.2, -0.15) is 0 Å². The highest BCUT2D eigenvalue weighted by Gasteiger charge is 2.43. The largest absolute Gasteiger partial charge is 0.350 e. The Morgan fingerprint density at radius 2 is 2.12 bits per heavy atom. The zero-order chi connectivity index (χ0) is 17.6. The van der Waals surface area contributed by atoms with Crippen molar-refractivity contribution in [1.29, 1.82) is 0 Å². The number of hydrogen-bond donors (Lipinski definition) is 1. The van der Waals surface area contributed by atoms with Crippen molar-refractivity contribution in [1.82, 2.24) is 19.7 Å². The van der Waals surface area contributed by atoms with Gasteiger partial charge in [-0.1, -0.05) is 29.3 Å². The molecular weight excluding hydrogens is 359 g/mol. The lowest BCUT2D eigenvalue weighted by Gasteiger charge is -2.04. The van der Waals surface area contributed by atoms with Gasteiger partial charge in [0, 0.05) is 24.0 Å². The molecule has 0 unspecified atom stereocenters. The van der Waals surface area contributed by atoms with E-state index in [1.54, 1.807) is 6.07 Å². The first kappa shape index (κ1) is 16.4. The van der Waals surface area contributed by atoms with Gasteiger partial charge in [-0.3, -0.25) is 9.20 Å². The number of carbonyl (C=O) groups excluding carboxylic acids is 1. The molecule has 128 valence electrons. The molecule has 2 atom stereocenters. The van der Waals surface area contributed by atoms with Crippen molar-refractivity contribution < 1.29 is 4.79 Å². The first-order valence-electron chi connectivity index (χ1n) is 8.05. The van der Waals surface area contributed by atoms with Crippen LogP contribution in [0.3, 0.4) is 0 Å². The highest BCUT2D eigenvalue weighted by Crippen LogP contribution is 2.48. The number of aryl methyl sites for hydroxylation is 1. The van der Waals surface area contributed by atoms with Crippen LogP contribution in [0.1, 0.15) is 29.3 Å². The van der Waals surface area contributed by atoms with Crippen LogP contribution in [0.4, 0.5) is 0 Å². The van der Waals surface area contributed by atoms with E-state index in [2.05, 4.69) is 15.3 Å². The van der Waals surface area contributed by atoms with E-state index in [0.29, 0.717) is 22.4 Å². The van der Waals surface area contributed by atoms with E-state index in [4.69, 9.17) is 23.2 Å². The summed E-state index contributed by atoms with van der Waals surface area (Å²) < 4.78 is 1.85. The molecule has 3 aromatic rings. The molecule has 1 saturated carbocycles.